The van der Waals surface area contributed by atoms with Crippen molar-refractivity contribution in [2.45, 2.75) is 39.0 Å². The molecule has 0 saturated carbocycles. The van der Waals surface area contributed by atoms with Crippen LogP contribution in [0.4, 0.5) is 4.79 Å². The van der Waals surface area contributed by atoms with Crippen LogP contribution in [0, 0.1) is 5.92 Å². The van der Waals surface area contributed by atoms with Gasteiger partial charge in [0.1, 0.15) is 18.7 Å². The first-order valence-electron chi connectivity index (χ1n) is 9.80. The second-order valence-corrected chi connectivity index (χ2v) is 7.20. The number of ether oxygens (including phenoxy) is 2. The Morgan fingerprint density at radius 1 is 0.867 bits per heavy atom. The number of carbonyl (C=O) groups is 3. The number of rotatable bonds is 9. The molecule has 0 aliphatic carbocycles. The van der Waals surface area contributed by atoms with Crippen LogP contribution in [0.3, 0.4) is 0 Å². The first-order valence-corrected chi connectivity index (χ1v) is 9.80. The molecule has 0 heterocycles. The summed E-state index contributed by atoms with van der Waals surface area (Å²) in [6, 6.07) is 16.8. The minimum Gasteiger partial charge on any atom is -0.467 e. The van der Waals surface area contributed by atoms with E-state index in [-0.39, 0.29) is 18.9 Å². The highest BCUT2D eigenvalue weighted by Crippen LogP contribution is 2.08. The molecule has 2 rings (SSSR count). The number of benzene rings is 2. The minimum absolute atomic E-state index is 0.0951. The highest BCUT2D eigenvalue weighted by Gasteiger charge is 2.29. The molecule has 30 heavy (non-hydrogen) atoms. The van der Waals surface area contributed by atoms with Crippen LogP contribution in [0.15, 0.2) is 60.7 Å². The smallest absolute Gasteiger partial charge is 0.408 e. The van der Waals surface area contributed by atoms with Crippen molar-refractivity contribution in [3.63, 3.8) is 0 Å². The Bertz CT molecular complexity index is 824. The summed E-state index contributed by atoms with van der Waals surface area (Å²) in [7, 11) is 1.27. The Hall–Kier alpha value is -3.35. The summed E-state index contributed by atoms with van der Waals surface area (Å²) in [6.45, 7) is 3.69. The number of hydrogen-bond donors (Lipinski definition) is 2. The third-order valence-electron chi connectivity index (χ3n) is 4.52. The lowest BCUT2D eigenvalue weighted by Crippen LogP contribution is -2.54. The fourth-order valence-electron chi connectivity index (χ4n) is 2.87. The largest absolute Gasteiger partial charge is 0.467 e. The number of esters is 1. The highest BCUT2D eigenvalue weighted by molar-refractivity contribution is 5.90. The summed E-state index contributed by atoms with van der Waals surface area (Å²) >= 11 is 0. The fraction of sp³-hybridized carbons (Fsp3) is 0.348. The van der Waals surface area contributed by atoms with Crippen molar-refractivity contribution >= 4 is 18.0 Å². The molecule has 0 unspecified atom stereocenters. The van der Waals surface area contributed by atoms with Gasteiger partial charge in [0.25, 0.3) is 0 Å². The van der Waals surface area contributed by atoms with Gasteiger partial charge in [0.15, 0.2) is 0 Å². The molecule has 7 heteroatoms. The van der Waals surface area contributed by atoms with Crippen LogP contribution in [0.2, 0.25) is 0 Å². The van der Waals surface area contributed by atoms with Gasteiger partial charge in [-0.3, -0.25) is 4.79 Å². The molecule has 0 bridgehead atoms. The zero-order valence-corrected chi connectivity index (χ0v) is 17.5. The van der Waals surface area contributed by atoms with E-state index in [1.54, 1.807) is 13.8 Å². The third kappa shape index (κ3) is 7.24. The SMILES string of the molecule is COC(=O)[C@@H](Cc1ccccc1)NC(=O)[C@@H](NC(=O)OCc1ccccc1)C(C)C. The summed E-state index contributed by atoms with van der Waals surface area (Å²) in [5, 5.41) is 5.28. The highest BCUT2D eigenvalue weighted by atomic mass is 16.5. The predicted octanol–water partition coefficient (Wildman–Crippen LogP) is 2.84. The molecule has 0 fully saturated rings. The van der Waals surface area contributed by atoms with Crippen LogP contribution >= 0.6 is 0 Å². The molecule has 0 radical (unpaired) electrons. The monoisotopic (exact) mass is 412 g/mol. The minimum atomic E-state index is -0.867. The van der Waals surface area contributed by atoms with Crippen LogP contribution in [0.25, 0.3) is 0 Å². The van der Waals surface area contributed by atoms with Gasteiger partial charge in [-0.15, -0.1) is 0 Å². The van der Waals surface area contributed by atoms with E-state index in [0.29, 0.717) is 0 Å². The lowest BCUT2D eigenvalue weighted by Gasteiger charge is -2.24. The van der Waals surface area contributed by atoms with Crippen LogP contribution in [0.1, 0.15) is 25.0 Å². The van der Waals surface area contributed by atoms with Crippen LogP contribution in [-0.4, -0.2) is 37.2 Å². The van der Waals surface area contributed by atoms with Gasteiger partial charge in [0, 0.05) is 6.42 Å². The number of amides is 2. The number of carbonyl (C=O) groups excluding carboxylic acids is 3. The topological polar surface area (TPSA) is 93.7 Å². The van der Waals surface area contributed by atoms with Gasteiger partial charge < -0.3 is 20.1 Å². The van der Waals surface area contributed by atoms with Gasteiger partial charge in [-0.2, -0.15) is 0 Å². The van der Waals surface area contributed by atoms with Crippen molar-refractivity contribution in [1.29, 1.82) is 0 Å². The Kier molecular flexibility index (Phi) is 8.87. The Morgan fingerprint density at radius 2 is 1.43 bits per heavy atom. The van der Waals surface area contributed by atoms with E-state index < -0.39 is 30.1 Å². The molecular weight excluding hydrogens is 384 g/mol. The van der Waals surface area contributed by atoms with E-state index in [1.165, 1.54) is 7.11 Å². The molecule has 0 aromatic heterocycles. The summed E-state index contributed by atoms with van der Waals surface area (Å²) in [4.78, 5) is 37.2. The molecule has 160 valence electrons. The quantitative estimate of drug-likeness (QED) is 0.618. The molecule has 0 aliphatic heterocycles. The van der Waals surface area contributed by atoms with E-state index in [4.69, 9.17) is 9.47 Å². The molecule has 7 nitrogen and oxygen atoms in total. The standard InChI is InChI=1S/C23H28N2O5/c1-16(2)20(25-23(28)30-15-18-12-8-5-9-13-18)21(26)24-19(22(27)29-3)14-17-10-6-4-7-11-17/h4-13,16,19-20H,14-15H2,1-3H3,(H,24,26)(H,25,28)/t19-,20+/m1/s1. The molecule has 2 amide bonds. The molecule has 0 saturated heterocycles. The van der Waals surface area contributed by atoms with E-state index in [9.17, 15) is 14.4 Å². The van der Waals surface area contributed by atoms with Crippen molar-refractivity contribution in [2.75, 3.05) is 7.11 Å². The number of alkyl carbamates (subject to hydrolysis) is 1. The molecule has 2 aromatic rings. The normalized spacial score (nSPS) is 12.5. The van der Waals surface area contributed by atoms with Gasteiger partial charge in [0.2, 0.25) is 5.91 Å². The summed E-state index contributed by atoms with van der Waals surface area (Å²) in [5.74, 6) is -1.25. The predicted molar refractivity (Wildman–Crippen MR) is 112 cm³/mol. The lowest BCUT2D eigenvalue weighted by molar-refractivity contribution is -0.145. The van der Waals surface area contributed by atoms with Crippen molar-refractivity contribution in [3.8, 4) is 0 Å². The summed E-state index contributed by atoms with van der Waals surface area (Å²) in [5.41, 5.74) is 1.72. The first-order chi connectivity index (χ1) is 14.4. The summed E-state index contributed by atoms with van der Waals surface area (Å²) < 4.78 is 10.0. The zero-order chi connectivity index (χ0) is 21.9. The van der Waals surface area contributed by atoms with Gasteiger partial charge in [-0.05, 0) is 17.0 Å². The molecule has 2 atom stereocenters. The second kappa shape index (κ2) is 11.6. The Morgan fingerprint density at radius 3 is 1.97 bits per heavy atom. The average Bonchev–Trinajstić information content (AvgIpc) is 2.76. The van der Waals surface area contributed by atoms with E-state index in [2.05, 4.69) is 10.6 Å². The summed E-state index contributed by atoms with van der Waals surface area (Å²) in [6.07, 6.45) is -0.423. The average molecular weight is 412 g/mol. The maximum atomic E-state index is 12.8. The van der Waals surface area contributed by atoms with Crippen molar-refractivity contribution < 1.29 is 23.9 Å². The maximum Gasteiger partial charge on any atom is 0.408 e. The molecule has 2 aromatic carbocycles. The number of methoxy groups -OCH3 is 1. The van der Waals surface area contributed by atoms with Crippen molar-refractivity contribution in [1.82, 2.24) is 10.6 Å². The molecule has 0 aliphatic rings. The Balaban J connectivity index is 1.99. The van der Waals surface area contributed by atoms with Crippen molar-refractivity contribution in [2.24, 2.45) is 5.92 Å². The van der Waals surface area contributed by atoms with Crippen molar-refractivity contribution in [3.05, 3.63) is 71.8 Å². The first kappa shape index (κ1) is 22.9. The number of nitrogens with one attached hydrogen (secondary N) is 2. The second-order valence-electron chi connectivity index (χ2n) is 7.20. The van der Waals surface area contributed by atoms with Gasteiger partial charge in [0.05, 0.1) is 7.11 Å². The van der Waals surface area contributed by atoms with Gasteiger partial charge in [-0.25, -0.2) is 9.59 Å². The lowest BCUT2D eigenvalue weighted by atomic mass is 10.0. The maximum absolute atomic E-state index is 12.8. The van der Waals surface area contributed by atoms with E-state index in [1.807, 2.05) is 60.7 Å². The Labute approximate surface area is 176 Å². The third-order valence-corrected chi connectivity index (χ3v) is 4.52. The van der Waals surface area contributed by atoms with E-state index >= 15 is 0 Å². The molecule has 2 N–H and O–H groups in total. The van der Waals surface area contributed by atoms with Crippen LogP contribution in [-0.2, 0) is 32.1 Å². The zero-order valence-electron chi connectivity index (χ0n) is 17.5. The van der Waals surface area contributed by atoms with Gasteiger partial charge in [-0.1, -0.05) is 74.5 Å². The molecule has 0 spiro atoms. The number of hydrogen-bond acceptors (Lipinski definition) is 5. The fourth-order valence-corrected chi connectivity index (χ4v) is 2.87. The van der Waals surface area contributed by atoms with Crippen LogP contribution < -0.4 is 10.6 Å². The van der Waals surface area contributed by atoms with E-state index in [0.717, 1.165) is 11.1 Å². The van der Waals surface area contributed by atoms with Gasteiger partial charge >= 0.3 is 12.1 Å². The molecular formula is C23H28N2O5. The van der Waals surface area contributed by atoms with Crippen LogP contribution in [0.5, 0.6) is 0 Å².